The highest BCUT2D eigenvalue weighted by molar-refractivity contribution is 6.31. The second kappa shape index (κ2) is 8.73. The molecule has 1 amide bonds. The van der Waals surface area contributed by atoms with Crippen LogP contribution in [-0.2, 0) is 11.8 Å². The van der Waals surface area contributed by atoms with E-state index in [4.69, 9.17) is 32.9 Å². The van der Waals surface area contributed by atoms with E-state index in [9.17, 15) is 4.79 Å². The summed E-state index contributed by atoms with van der Waals surface area (Å²) >= 11 is 12.2. The SMILES string of the molecule is COc1cc(Cl)cc(C)c1Nc1nc2cccc(N(C(C)=O)c3ccc(Cl)cc3)c2n1C. The van der Waals surface area contributed by atoms with Gasteiger partial charge in [0.2, 0.25) is 11.9 Å². The number of benzene rings is 3. The molecule has 1 heterocycles. The zero-order chi connectivity index (χ0) is 23.0. The molecule has 3 aromatic carbocycles. The Bertz CT molecular complexity index is 1320. The Morgan fingerprint density at radius 3 is 2.47 bits per heavy atom. The van der Waals surface area contributed by atoms with Crippen molar-refractivity contribution in [2.75, 3.05) is 17.3 Å². The first-order valence-electron chi connectivity index (χ1n) is 9.93. The van der Waals surface area contributed by atoms with Crippen LogP contribution in [0.3, 0.4) is 0 Å². The third kappa shape index (κ3) is 3.99. The number of aryl methyl sites for hydroxylation is 2. The van der Waals surface area contributed by atoms with Gasteiger partial charge in [-0.1, -0.05) is 29.3 Å². The van der Waals surface area contributed by atoms with Crippen molar-refractivity contribution >= 4 is 63.2 Å². The van der Waals surface area contributed by atoms with E-state index in [1.54, 1.807) is 30.2 Å². The lowest BCUT2D eigenvalue weighted by Gasteiger charge is -2.23. The molecule has 0 spiro atoms. The molecule has 0 aliphatic heterocycles. The predicted molar refractivity (Wildman–Crippen MR) is 131 cm³/mol. The van der Waals surface area contributed by atoms with Gasteiger partial charge in [0.15, 0.2) is 0 Å². The highest BCUT2D eigenvalue weighted by Crippen LogP contribution is 2.37. The average Bonchev–Trinajstić information content (AvgIpc) is 3.07. The summed E-state index contributed by atoms with van der Waals surface area (Å²) in [6.45, 7) is 3.48. The number of fused-ring (bicyclic) bond motifs is 1. The minimum Gasteiger partial charge on any atom is -0.495 e. The van der Waals surface area contributed by atoms with Crippen molar-refractivity contribution in [2.45, 2.75) is 13.8 Å². The fraction of sp³-hybridized carbons (Fsp3) is 0.167. The number of carbonyl (C=O) groups excluding carboxylic acids is 1. The number of carbonyl (C=O) groups is 1. The van der Waals surface area contributed by atoms with Crippen molar-refractivity contribution in [1.82, 2.24) is 9.55 Å². The fourth-order valence-electron chi connectivity index (χ4n) is 3.77. The number of halogens is 2. The molecule has 0 aliphatic carbocycles. The molecule has 164 valence electrons. The maximum Gasteiger partial charge on any atom is 0.228 e. The highest BCUT2D eigenvalue weighted by atomic mass is 35.5. The number of anilines is 4. The Kier molecular flexibility index (Phi) is 6.00. The van der Waals surface area contributed by atoms with E-state index >= 15 is 0 Å². The van der Waals surface area contributed by atoms with Crippen molar-refractivity contribution < 1.29 is 9.53 Å². The van der Waals surface area contributed by atoms with Gasteiger partial charge in [-0.2, -0.15) is 0 Å². The minimum absolute atomic E-state index is 0.120. The van der Waals surface area contributed by atoms with Crippen LogP contribution in [0.5, 0.6) is 5.75 Å². The topological polar surface area (TPSA) is 59.4 Å². The molecule has 0 saturated heterocycles. The van der Waals surface area contributed by atoms with E-state index in [0.29, 0.717) is 21.7 Å². The molecule has 1 N–H and O–H groups in total. The third-order valence-corrected chi connectivity index (χ3v) is 5.70. The molecule has 0 aliphatic rings. The van der Waals surface area contributed by atoms with Crippen molar-refractivity contribution in [3.63, 3.8) is 0 Å². The number of ether oxygens (including phenoxy) is 1. The van der Waals surface area contributed by atoms with Crippen molar-refractivity contribution in [1.29, 1.82) is 0 Å². The van der Waals surface area contributed by atoms with E-state index in [-0.39, 0.29) is 5.91 Å². The molecule has 6 nitrogen and oxygen atoms in total. The minimum atomic E-state index is -0.120. The normalized spacial score (nSPS) is 10.9. The molecule has 0 saturated carbocycles. The molecular formula is C24H22Cl2N4O2. The van der Waals surface area contributed by atoms with E-state index < -0.39 is 0 Å². The Balaban J connectivity index is 1.85. The van der Waals surface area contributed by atoms with Crippen LogP contribution in [0.1, 0.15) is 12.5 Å². The van der Waals surface area contributed by atoms with Gasteiger partial charge in [-0.25, -0.2) is 4.98 Å². The molecule has 0 fully saturated rings. The quantitative estimate of drug-likeness (QED) is 0.357. The lowest BCUT2D eigenvalue weighted by Crippen LogP contribution is -2.23. The number of nitrogens with zero attached hydrogens (tertiary/aromatic N) is 3. The average molecular weight is 469 g/mol. The number of para-hydroxylation sites is 1. The summed E-state index contributed by atoms with van der Waals surface area (Å²) in [5.41, 5.74) is 4.70. The number of amides is 1. The Morgan fingerprint density at radius 2 is 1.81 bits per heavy atom. The molecule has 1 aromatic heterocycles. The van der Waals surface area contributed by atoms with Crippen LogP contribution in [0.2, 0.25) is 10.0 Å². The van der Waals surface area contributed by atoms with Crippen LogP contribution >= 0.6 is 23.2 Å². The number of methoxy groups -OCH3 is 1. The van der Waals surface area contributed by atoms with Crippen LogP contribution in [0.15, 0.2) is 54.6 Å². The van der Waals surface area contributed by atoms with Gasteiger partial charge in [0, 0.05) is 35.8 Å². The lowest BCUT2D eigenvalue weighted by atomic mass is 10.2. The van der Waals surface area contributed by atoms with Gasteiger partial charge in [0.05, 0.1) is 29.5 Å². The first-order valence-corrected chi connectivity index (χ1v) is 10.7. The fourth-order valence-corrected chi connectivity index (χ4v) is 4.16. The second-order valence-corrected chi connectivity index (χ2v) is 8.27. The molecule has 0 atom stereocenters. The summed E-state index contributed by atoms with van der Waals surface area (Å²) in [5.74, 6) is 1.11. The van der Waals surface area contributed by atoms with Crippen LogP contribution in [-0.4, -0.2) is 22.6 Å². The predicted octanol–water partition coefficient (Wildman–Crippen LogP) is 6.63. The molecule has 8 heteroatoms. The summed E-state index contributed by atoms with van der Waals surface area (Å²) < 4.78 is 7.43. The first-order chi connectivity index (χ1) is 15.3. The molecule has 4 aromatic rings. The van der Waals surface area contributed by atoms with Crippen LogP contribution in [0, 0.1) is 6.92 Å². The molecule has 0 bridgehead atoms. The Morgan fingerprint density at radius 1 is 1.09 bits per heavy atom. The summed E-state index contributed by atoms with van der Waals surface area (Å²) in [5, 5.41) is 4.57. The highest BCUT2D eigenvalue weighted by Gasteiger charge is 2.21. The molecule has 32 heavy (non-hydrogen) atoms. The summed E-state index contributed by atoms with van der Waals surface area (Å²) in [6.07, 6.45) is 0. The lowest BCUT2D eigenvalue weighted by molar-refractivity contribution is -0.115. The van der Waals surface area contributed by atoms with E-state index in [0.717, 1.165) is 33.7 Å². The maximum absolute atomic E-state index is 12.7. The van der Waals surface area contributed by atoms with Gasteiger partial charge >= 0.3 is 0 Å². The van der Waals surface area contributed by atoms with Gasteiger partial charge in [0.1, 0.15) is 5.75 Å². The number of hydrogen-bond donors (Lipinski definition) is 1. The van der Waals surface area contributed by atoms with E-state index in [1.165, 1.54) is 6.92 Å². The van der Waals surface area contributed by atoms with Gasteiger partial charge in [-0.05, 0) is 55.0 Å². The van der Waals surface area contributed by atoms with Crippen molar-refractivity contribution in [3.8, 4) is 5.75 Å². The zero-order valence-electron chi connectivity index (χ0n) is 18.1. The van der Waals surface area contributed by atoms with Crippen molar-refractivity contribution in [2.24, 2.45) is 7.05 Å². The number of hydrogen-bond acceptors (Lipinski definition) is 4. The van der Waals surface area contributed by atoms with Crippen LogP contribution < -0.4 is 15.0 Å². The molecular weight excluding hydrogens is 447 g/mol. The van der Waals surface area contributed by atoms with Gasteiger partial charge in [-0.15, -0.1) is 0 Å². The summed E-state index contributed by atoms with van der Waals surface area (Å²) in [6, 6.07) is 16.5. The van der Waals surface area contributed by atoms with Crippen molar-refractivity contribution in [3.05, 3.63) is 70.2 Å². The van der Waals surface area contributed by atoms with Crippen LogP contribution in [0.25, 0.3) is 11.0 Å². The largest absolute Gasteiger partial charge is 0.495 e. The number of imidazole rings is 1. The van der Waals surface area contributed by atoms with Gasteiger partial charge in [0.25, 0.3) is 0 Å². The zero-order valence-corrected chi connectivity index (χ0v) is 19.6. The molecule has 0 radical (unpaired) electrons. The maximum atomic E-state index is 12.7. The first kappa shape index (κ1) is 22.0. The standard InChI is InChI=1S/C24H22Cl2N4O2/c1-14-12-17(26)13-21(32-4)22(14)28-24-27-19-6-5-7-20(23(19)29(24)3)30(15(2)31)18-10-8-16(25)9-11-18/h5-13H,1-4H3,(H,27,28). The van der Waals surface area contributed by atoms with Gasteiger partial charge in [-0.3, -0.25) is 9.69 Å². The van der Waals surface area contributed by atoms with E-state index in [2.05, 4.69) is 5.32 Å². The Hall–Kier alpha value is -3.22. The van der Waals surface area contributed by atoms with Gasteiger partial charge < -0.3 is 14.6 Å². The summed E-state index contributed by atoms with van der Waals surface area (Å²) in [4.78, 5) is 19.1. The number of aromatic nitrogens is 2. The second-order valence-electron chi connectivity index (χ2n) is 7.40. The number of rotatable bonds is 5. The van der Waals surface area contributed by atoms with E-state index in [1.807, 2.05) is 54.9 Å². The monoisotopic (exact) mass is 468 g/mol. The smallest absolute Gasteiger partial charge is 0.228 e. The summed E-state index contributed by atoms with van der Waals surface area (Å²) in [7, 11) is 3.50. The third-order valence-electron chi connectivity index (χ3n) is 5.23. The van der Waals surface area contributed by atoms with Crippen LogP contribution in [0.4, 0.5) is 23.0 Å². The molecule has 0 unspecified atom stereocenters. The molecule has 4 rings (SSSR count). The number of nitrogens with one attached hydrogen (secondary N) is 1. The Labute approximate surface area is 196 Å².